The quantitative estimate of drug-likeness (QED) is 0.895. The molecule has 0 aromatic carbocycles. The summed E-state index contributed by atoms with van der Waals surface area (Å²) in [5, 5.41) is 0. The summed E-state index contributed by atoms with van der Waals surface area (Å²) in [5.74, 6) is 1.58. The number of nitrogens with two attached hydrogens (primary N) is 1. The molecule has 2 aromatic rings. The molecule has 2 rings (SSSR count). The van der Waals surface area contributed by atoms with E-state index in [2.05, 4.69) is 15.0 Å². The molecule has 0 saturated heterocycles. The maximum atomic E-state index is 5.61. The summed E-state index contributed by atoms with van der Waals surface area (Å²) >= 11 is 1.64. The highest BCUT2D eigenvalue weighted by Crippen LogP contribution is 2.14. The molecular formula is C11H14N4OS. The summed E-state index contributed by atoms with van der Waals surface area (Å²) in [4.78, 5) is 13.6. The van der Waals surface area contributed by atoms with Gasteiger partial charge >= 0.3 is 0 Å². The fourth-order valence-corrected chi connectivity index (χ4v) is 2.21. The molecule has 6 heteroatoms. The summed E-state index contributed by atoms with van der Waals surface area (Å²) < 4.78 is 5.54. The summed E-state index contributed by atoms with van der Waals surface area (Å²) in [7, 11) is 0. The highest BCUT2D eigenvalue weighted by Gasteiger charge is 2.03. The predicted octanol–water partition coefficient (Wildman–Crippen LogP) is 1.75. The fourth-order valence-electron chi connectivity index (χ4n) is 1.45. The number of aromatic nitrogens is 3. The van der Waals surface area contributed by atoms with Gasteiger partial charge in [0.1, 0.15) is 11.6 Å². The van der Waals surface area contributed by atoms with Crippen molar-refractivity contribution in [2.24, 2.45) is 0 Å². The van der Waals surface area contributed by atoms with Gasteiger partial charge in [-0.25, -0.2) is 9.97 Å². The first kappa shape index (κ1) is 11.8. The molecule has 2 heterocycles. The van der Waals surface area contributed by atoms with Crippen molar-refractivity contribution in [3.05, 3.63) is 28.0 Å². The smallest absolute Gasteiger partial charge is 0.218 e. The van der Waals surface area contributed by atoms with Gasteiger partial charge < -0.3 is 10.5 Å². The Morgan fingerprint density at radius 1 is 1.35 bits per heavy atom. The Hall–Kier alpha value is -1.69. The van der Waals surface area contributed by atoms with Crippen molar-refractivity contribution in [3.8, 4) is 5.88 Å². The van der Waals surface area contributed by atoms with E-state index in [1.54, 1.807) is 24.3 Å². The second kappa shape index (κ2) is 5.09. The first-order valence-electron chi connectivity index (χ1n) is 5.28. The molecule has 0 radical (unpaired) electrons. The highest BCUT2D eigenvalue weighted by atomic mass is 32.1. The molecule has 0 aliphatic heterocycles. The van der Waals surface area contributed by atoms with Gasteiger partial charge in [-0.1, -0.05) is 0 Å². The molecule has 5 nitrogen and oxygen atoms in total. The number of rotatable bonds is 4. The number of nitrogen functional groups attached to an aromatic ring is 1. The molecule has 17 heavy (non-hydrogen) atoms. The first-order chi connectivity index (χ1) is 8.15. The Labute approximate surface area is 104 Å². The third-order valence-electron chi connectivity index (χ3n) is 2.26. The van der Waals surface area contributed by atoms with Crippen LogP contribution >= 0.6 is 11.3 Å². The molecule has 0 saturated carbocycles. The zero-order chi connectivity index (χ0) is 12.3. The van der Waals surface area contributed by atoms with Gasteiger partial charge in [-0.2, -0.15) is 4.98 Å². The van der Waals surface area contributed by atoms with Crippen LogP contribution in [0.25, 0.3) is 0 Å². The summed E-state index contributed by atoms with van der Waals surface area (Å²) in [6.45, 7) is 4.36. The van der Waals surface area contributed by atoms with Gasteiger partial charge in [-0.15, -0.1) is 11.3 Å². The van der Waals surface area contributed by atoms with Crippen LogP contribution in [0.4, 0.5) is 5.82 Å². The number of thiazole rings is 1. The van der Waals surface area contributed by atoms with E-state index < -0.39 is 0 Å². The lowest BCUT2D eigenvalue weighted by atomic mass is 10.3. The Balaban J connectivity index is 1.92. The second-order valence-electron chi connectivity index (χ2n) is 3.64. The standard InChI is InChI=1S/C11H14N4OS/c1-7-9(17-6-13-7)3-4-16-11-5-10(12)14-8(2)15-11/h5-6H,3-4H2,1-2H3,(H2,12,14,15). The molecule has 0 aliphatic rings. The van der Waals surface area contributed by atoms with Crippen molar-refractivity contribution in [3.63, 3.8) is 0 Å². The van der Waals surface area contributed by atoms with Crippen molar-refractivity contribution in [2.45, 2.75) is 20.3 Å². The lowest BCUT2D eigenvalue weighted by molar-refractivity contribution is 0.309. The van der Waals surface area contributed by atoms with Crippen LogP contribution in [0.15, 0.2) is 11.6 Å². The third kappa shape index (κ3) is 3.13. The first-order valence-corrected chi connectivity index (χ1v) is 6.16. The molecule has 2 aromatic heterocycles. The van der Waals surface area contributed by atoms with Gasteiger partial charge in [-0.3, -0.25) is 0 Å². The van der Waals surface area contributed by atoms with Crippen molar-refractivity contribution >= 4 is 17.2 Å². The lowest BCUT2D eigenvalue weighted by Gasteiger charge is -2.05. The topological polar surface area (TPSA) is 73.9 Å². The van der Waals surface area contributed by atoms with Crippen LogP contribution < -0.4 is 10.5 Å². The molecule has 2 N–H and O–H groups in total. The number of aryl methyl sites for hydroxylation is 2. The molecule has 0 unspecified atom stereocenters. The van der Waals surface area contributed by atoms with Crippen LogP contribution in [0.1, 0.15) is 16.4 Å². The van der Waals surface area contributed by atoms with Crippen molar-refractivity contribution < 1.29 is 4.74 Å². The minimum Gasteiger partial charge on any atom is -0.477 e. The van der Waals surface area contributed by atoms with Crippen LogP contribution in [0.3, 0.4) is 0 Å². The van der Waals surface area contributed by atoms with E-state index in [0.717, 1.165) is 12.1 Å². The molecule has 0 atom stereocenters. The Morgan fingerprint density at radius 2 is 2.18 bits per heavy atom. The number of hydrogen-bond acceptors (Lipinski definition) is 6. The minimum atomic E-state index is 0.432. The van der Waals surface area contributed by atoms with Gasteiger partial charge in [0.2, 0.25) is 5.88 Å². The van der Waals surface area contributed by atoms with Crippen LogP contribution in [0.2, 0.25) is 0 Å². The zero-order valence-corrected chi connectivity index (χ0v) is 10.6. The van der Waals surface area contributed by atoms with Crippen LogP contribution in [0.5, 0.6) is 5.88 Å². The van der Waals surface area contributed by atoms with Crippen molar-refractivity contribution in [1.29, 1.82) is 0 Å². The minimum absolute atomic E-state index is 0.432. The molecule has 0 fully saturated rings. The van der Waals surface area contributed by atoms with Gasteiger partial charge in [0.25, 0.3) is 0 Å². The molecule has 0 amide bonds. The second-order valence-corrected chi connectivity index (χ2v) is 4.58. The van der Waals surface area contributed by atoms with E-state index in [0.29, 0.717) is 24.1 Å². The average Bonchev–Trinajstić information content (AvgIpc) is 2.63. The molecule has 0 bridgehead atoms. The SMILES string of the molecule is Cc1nc(N)cc(OCCc2scnc2C)n1. The number of ether oxygens (including phenoxy) is 1. The predicted molar refractivity (Wildman–Crippen MR) is 67.2 cm³/mol. The van der Waals surface area contributed by atoms with Crippen LogP contribution in [-0.4, -0.2) is 21.6 Å². The van der Waals surface area contributed by atoms with Crippen LogP contribution in [-0.2, 0) is 6.42 Å². The van der Waals surface area contributed by atoms with E-state index in [-0.39, 0.29) is 0 Å². The number of nitrogens with zero attached hydrogens (tertiary/aromatic N) is 3. The average molecular weight is 250 g/mol. The van der Waals surface area contributed by atoms with Crippen LogP contribution in [0, 0.1) is 13.8 Å². The van der Waals surface area contributed by atoms with E-state index >= 15 is 0 Å². The lowest BCUT2D eigenvalue weighted by Crippen LogP contribution is -2.05. The van der Waals surface area contributed by atoms with Gasteiger partial charge in [0.05, 0.1) is 17.8 Å². The molecule has 0 spiro atoms. The van der Waals surface area contributed by atoms with E-state index in [4.69, 9.17) is 10.5 Å². The summed E-state index contributed by atoms with van der Waals surface area (Å²) in [5.41, 5.74) is 8.52. The Bertz CT molecular complexity index is 492. The molecule has 90 valence electrons. The van der Waals surface area contributed by atoms with E-state index in [1.807, 2.05) is 12.4 Å². The molecular weight excluding hydrogens is 236 g/mol. The van der Waals surface area contributed by atoms with Crippen molar-refractivity contribution in [2.75, 3.05) is 12.3 Å². The maximum Gasteiger partial charge on any atom is 0.218 e. The number of anilines is 1. The largest absolute Gasteiger partial charge is 0.477 e. The number of hydrogen-bond donors (Lipinski definition) is 1. The van der Waals surface area contributed by atoms with Crippen molar-refractivity contribution in [1.82, 2.24) is 15.0 Å². The summed E-state index contributed by atoms with van der Waals surface area (Å²) in [6.07, 6.45) is 0.833. The zero-order valence-electron chi connectivity index (χ0n) is 9.80. The van der Waals surface area contributed by atoms with Gasteiger partial charge in [0, 0.05) is 17.4 Å². The van der Waals surface area contributed by atoms with E-state index in [9.17, 15) is 0 Å². The van der Waals surface area contributed by atoms with Gasteiger partial charge in [0.15, 0.2) is 0 Å². The molecule has 0 aliphatic carbocycles. The fraction of sp³-hybridized carbons (Fsp3) is 0.364. The Kier molecular flexibility index (Phi) is 3.53. The third-order valence-corrected chi connectivity index (χ3v) is 3.25. The monoisotopic (exact) mass is 250 g/mol. The van der Waals surface area contributed by atoms with Gasteiger partial charge in [-0.05, 0) is 13.8 Å². The Morgan fingerprint density at radius 3 is 2.82 bits per heavy atom. The normalized spacial score (nSPS) is 10.5. The summed E-state index contributed by atoms with van der Waals surface area (Å²) in [6, 6.07) is 1.63. The highest BCUT2D eigenvalue weighted by molar-refractivity contribution is 7.09. The van der Waals surface area contributed by atoms with E-state index in [1.165, 1.54) is 4.88 Å². The maximum absolute atomic E-state index is 5.61.